The van der Waals surface area contributed by atoms with Gasteiger partial charge in [0.05, 0.1) is 18.8 Å². The van der Waals surface area contributed by atoms with Crippen molar-refractivity contribution in [3.63, 3.8) is 0 Å². The number of hydrogen-bond acceptors (Lipinski definition) is 5. The molecule has 2 saturated heterocycles. The quantitative estimate of drug-likeness (QED) is 0.102. The first-order valence-electron chi connectivity index (χ1n) is 18.0. The molecule has 0 radical (unpaired) electrons. The van der Waals surface area contributed by atoms with Crippen molar-refractivity contribution in [2.75, 3.05) is 13.1 Å². The fourth-order valence-corrected chi connectivity index (χ4v) is 8.93. The van der Waals surface area contributed by atoms with Crippen LogP contribution in [0.4, 0.5) is 22.0 Å². The van der Waals surface area contributed by atoms with Crippen LogP contribution in [-0.4, -0.2) is 41.1 Å². The van der Waals surface area contributed by atoms with Crippen molar-refractivity contribution in [3.05, 3.63) is 130 Å². The zero-order chi connectivity index (χ0) is 37.7. The summed E-state index contributed by atoms with van der Waals surface area (Å²) >= 11 is 0. The molecule has 1 amide bonds. The third-order valence-corrected chi connectivity index (χ3v) is 11.0. The van der Waals surface area contributed by atoms with Crippen LogP contribution < -0.4 is 5.32 Å². The summed E-state index contributed by atoms with van der Waals surface area (Å²) < 4.78 is 82.8. The average Bonchev–Trinajstić information content (AvgIpc) is 3.39. The van der Waals surface area contributed by atoms with Gasteiger partial charge in [-0.1, -0.05) is 93.6 Å². The molecule has 0 aromatic heterocycles. The highest BCUT2D eigenvalue weighted by Crippen LogP contribution is 2.53. The van der Waals surface area contributed by atoms with E-state index < -0.39 is 46.8 Å². The predicted molar refractivity (Wildman–Crippen MR) is 189 cm³/mol. The van der Waals surface area contributed by atoms with Gasteiger partial charge in [-0.15, -0.1) is 0 Å². The molecule has 3 fully saturated rings. The maximum atomic E-state index is 14.3. The lowest BCUT2D eigenvalue weighted by Crippen LogP contribution is -2.42. The van der Waals surface area contributed by atoms with Crippen molar-refractivity contribution in [1.29, 1.82) is 0 Å². The number of ether oxygens (including phenoxy) is 2. The highest BCUT2D eigenvalue weighted by Gasteiger charge is 2.50. The lowest BCUT2D eigenvalue weighted by atomic mass is 9.65. The van der Waals surface area contributed by atoms with Gasteiger partial charge in [0.15, 0.2) is 29.6 Å². The van der Waals surface area contributed by atoms with Crippen LogP contribution in [0.3, 0.4) is 0 Å². The maximum Gasteiger partial charge on any atom is 0.257 e. The van der Waals surface area contributed by atoms with E-state index in [0.717, 1.165) is 41.8 Å². The number of carbonyl (C=O) groups is 1. The summed E-state index contributed by atoms with van der Waals surface area (Å²) in [5.74, 6) is -12.5. The highest BCUT2D eigenvalue weighted by atomic mass is 19.2. The third kappa shape index (κ3) is 7.62. The molecule has 2 aliphatic heterocycles. The van der Waals surface area contributed by atoms with Gasteiger partial charge in [-0.3, -0.25) is 9.69 Å². The van der Waals surface area contributed by atoms with Gasteiger partial charge < -0.3 is 19.9 Å². The number of nitrogens with zero attached hydrogens (tertiary/aromatic N) is 1. The van der Waals surface area contributed by atoms with Crippen molar-refractivity contribution >= 4 is 5.91 Å². The van der Waals surface area contributed by atoms with Gasteiger partial charge in [-0.25, -0.2) is 22.0 Å². The molecule has 11 heteroatoms. The smallest absolute Gasteiger partial charge is 0.257 e. The van der Waals surface area contributed by atoms with E-state index in [1.807, 2.05) is 48.5 Å². The first-order chi connectivity index (χ1) is 25.2. The molecular weight excluding hydrogens is 691 g/mol. The van der Waals surface area contributed by atoms with Crippen molar-refractivity contribution in [2.45, 2.75) is 84.1 Å². The second-order valence-electron chi connectivity index (χ2n) is 15.9. The number of aliphatic hydroxyl groups excluding tert-OH is 1. The Balaban J connectivity index is 1.10. The van der Waals surface area contributed by atoms with Crippen LogP contribution in [-0.2, 0) is 22.6 Å². The summed E-state index contributed by atoms with van der Waals surface area (Å²) in [6.45, 7) is 8.69. The molecule has 6 nitrogen and oxygen atoms in total. The Morgan fingerprint density at radius 2 is 1.47 bits per heavy atom. The van der Waals surface area contributed by atoms with E-state index in [1.54, 1.807) is 24.3 Å². The number of halogens is 5. The number of fused-ring (bicyclic) bond motifs is 2. The highest BCUT2D eigenvalue weighted by molar-refractivity contribution is 5.95. The number of likely N-dealkylation sites (tertiary alicyclic amines) is 1. The maximum absolute atomic E-state index is 14.3. The zero-order valence-electron chi connectivity index (χ0n) is 29.9. The van der Waals surface area contributed by atoms with E-state index in [-0.39, 0.29) is 30.8 Å². The molecule has 2 bridgehead atoms. The first-order valence-corrected chi connectivity index (χ1v) is 18.0. The molecule has 4 aromatic carbocycles. The SMILES string of the molecule is CC1(C)CC2CC(C)(CN2CC2CC(c3ccc(CO)cc3)OC(c3ccc(-c4ccccc4CNC(=O)c4c(F)c(F)c(F)c(F)c4F)cc3)O2)C1. The fourth-order valence-electron chi connectivity index (χ4n) is 8.93. The van der Waals surface area contributed by atoms with Crippen LogP contribution in [0.25, 0.3) is 11.1 Å². The molecule has 3 aliphatic rings. The van der Waals surface area contributed by atoms with E-state index in [9.17, 15) is 31.9 Å². The van der Waals surface area contributed by atoms with Crippen LogP contribution in [0.2, 0.25) is 0 Å². The third-order valence-electron chi connectivity index (χ3n) is 11.0. The lowest BCUT2D eigenvalue weighted by molar-refractivity contribution is -0.253. The van der Waals surface area contributed by atoms with E-state index in [0.29, 0.717) is 29.0 Å². The van der Waals surface area contributed by atoms with Gasteiger partial charge in [0.2, 0.25) is 5.82 Å². The molecule has 280 valence electrons. The standard InChI is InChI=1S/C42H43F5N2O4/c1-41(2)17-29-18-42(3,22-41)23-49(29)20-30-16-32(26-10-8-24(21-50)9-11-26)53-40(52-30)27-14-12-25(13-15-27)31-7-5-4-6-28(31)19-48-39(51)33-34(43)36(45)38(47)37(46)35(33)44/h4-15,29-30,32,40,50H,16-23H2,1-3H3,(H,48,51). The molecular formula is C42H43F5N2O4. The van der Waals surface area contributed by atoms with E-state index in [4.69, 9.17) is 9.47 Å². The molecule has 7 rings (SSSR count). The Labute approximate surface area is 305 Å². The van der Waals surface area contributed by atoms with Crippen LogP contribution in [0.1, 0.15) is 91.5 Å². The van der Waals surface area contributed by atoms with Gasteiger partial charge in [0.25, 0.3) is 5.91 Å². The molecule has 1 aliphatic carbocycles. The molecule has 53 heavy (non-hydrogen) atoms. The number of hydrogen-bond donors (Lipinski definition) is 2. The van der Waals surface area contributed by atoms with Gasteiger partial charge in [0, 0.05) is 37.7 Å². The summed E-state index contributed by atoms with van der Waals surface area (Å²) in [4.78, 5) is 15.3. The topological polar surface area (TPSA) is 71.0 Å². The van der Waals surface area contributed by atoms with Crippen molar-refractivity contribution in [2.24, 2.45) is 10.8 Å². The summed E-state index contributed by atoms with van der Waals surface area (Å²) in [5, 5.41) is 11.9. The number of benzene rings is 4. The minimum Gasteiger partial charge on any atom is -0.392 e. The Hall–Kier alpha value is -4.16. The zero-order valence-corrected chi connectivity index (χ0v) is 29.9. The fraction of sp³-hybridized carbons (Fsp3) is 0.405. The molecule has 2 heterocycles. The van der Waals surface area contributed by atoms with E-state index in [1.165, 1.54) is 12.8 Å². The normalized spacial score (nSPS) is 25.4. The van der Waals surface area contributed by atoms with Crippen molar-refractivity contribution in [3.8, 4) is 11.1 Å². The molecule has 0 spiro atoms. The summed E-state index contributed by atoms with van der Waals surface area (Å²) in [5.41, 5.74) is 3.69. The Bertz CT molecular complexity index is 1960. The molecule has 5 unspecified atom stereocenters. The summed E-state index contributed by atoms with van der Waals surface area (Å²) in [6, 6.07) is 22.9. The number of rotatable bonds is 9. The largest absolute Gasteiger partial charge is 0.392 e. The Kier molecular flexibility index (Phi) is 10.2. The van der Waals surface area contributed by atoms with Gasteiger partial charge in [-0.2, -0.15) is 0 Å². The molecule has 5 atom stereocenters. The average molecular weight is 735 g/mol. The number of nitrogens with one attached hydrogen (secondary N) is 1. The second kappa shape index (κ2) is 14.6. The van der Waals surface area contributed by atoms with E-state index >= 15 is 0 Å². The van der Waals surface area contributed by atoms with Crippen molar-refractivity contribution < 1.29 is 41.3 Å². The van der Waals surface area contributed by atoms with Crippen molar-refractivity contribution in [1.82, 2.24) is 10.2 Å². The van der Waals surface area contributed by atoms with Gasteiger partial charge >= 0.3 is 0 Å². The molecule has 4 aromatic rings. The molecule has 1 saturated carbocycles. The summed E-state index contributed by atoms with van der Waals surface area (Å²) in [7, 11) is 0. The predicted octanol–water partition coefficient (Wildman–Crippen LogP) is 8.92. The monoisotopic (exact) mass is 734 g/mol. The van der Waals surface area contributed by atoms with Crippen LogP contribution in [0, 0.1) is 39.9 Å². The second-order valence-corrected chi connectivity index (χ2v) is 15.9. The van der Waals surface area contributed by atoms with Crippen LogP contribution >= 0.6 is 0 Å². The minimum atomic E-state index is -2.33. The minimum absolute atomic E-state index is 0.0429. The number of carbonyl (C=O) groups excluding carboxylic acids is 1. The number of aliphatic hydroxyl groups is 1. The van der Waals surface area contributed by atoms with Crippen LogP contribution in [0.15, 0.2) is 72.8 Å². The Morgan fingerprint density at radius 1 is 0.830 bits per heavy atom. The van der Waals surface area contributed by atoms with Gasteiger partial charge in [-0.05, 0) is 57.9 Å². The van der Waals surface area contributed by atoms with Gasteiger partial charge in [0.1, 0.15) is 5.56 Å². The summed E-state index contributed by atoms with van der Waals surface area (Å²) in [6.07, 6.45) is 3.25. The van der Waals surface area contributed by atoms with E-state index in [2.05, 4.69) is 31.0 Å². The first kappa shape index (κ1) is 37.2. The Morgan fingerprint density at radius 3 is 2.15 bits per heavy atom. The van der Waals surface area contributed by atoms with Crippen LogP contribution in [0.5, 0.6) is 0 Å². The lowest BCUT2D eigenvalue weighted by Gasteiger charge is -2.41. The number of amides is 1. The molecule has 2 N–H and O–H groups in total.